The maximum absolute atomic E-state index is 12.4. The number of amides is 1. The lowest BCUT2D eigenvalue weighted by Gasteiger charge is -2.31. The number of nitrogens with zero attached hydrogens (tertiary/aromatic N) is 3. The normalized spacial score (nSPS) is 14.9. The summed E-state index contributed by atoms with van der Waals surface area (Å²) in [4.78, 5) is 24.6. The largest absolute Gasteiger partial charge is 0.376 e. The molecule has 0 aliphatic carbocycles. The van der Waals surface area contributed by atoms with Gasteiger partial charge in [0.1, 0.15) is 11.6 Å². The highest BCUT2D eigenvalue weighted by Gasteiger charge is 2.19. The van der Waals surface area contributed by atoms with Crippen LogP contribution in [0.2, 0.25) is 0 Å². The summed E-state index contributed by atoms with van der Waals surface area (Å²) in [6.07, 6.45) is 4.67. The number of likely N-dealkylation sites (tertiary alicyclic amines) is 1. The van der Waals surface area contributed by atoms with Crippen LogP contribution >= 0.6 is 0 Å². The van der Waals surface area contributed by atoms with Crippen molar-refractivity contribution < 1.29 is 9.72 Å². The standard InChI is InChI=1S/C22H22N4O3/c23-15-19(22(27)24-20-6-8-21(9-7-20)26(28)29)16-25-12-10-18(11-13-25)14-17-4-2-1-3-5-17/h1-9,16,18H,10-14H2,(H,24,27)/b19-16-. The number of nitro benzene ring substituents is 1. The fourth-order valence-electron chi connectivity index (χ4n) is 3.42. The van der Waals surface area contributed by atoms with E-state index in [9.17, 15) is 20.2 Å². The third-order valence-corrected chi connectivity index (χ3v) is 5.03. The van der Waals surface area contributed by atoms with Gasteiger partial charge >= 0.3 is 0 Å². The number of piperidine rings is 1. The van der Waals surface area contributed by atoms with Gasteiger partial charge in [-0.05, 0) is 42.9 Å². The number of non-ortho nitro benzene ring substituents is 1. The Morgan fingerprint density at radius 3 is 2.41 bits per heavy atom. The van der Waals surface area contributed by atoms with Gasteiger partial charge in [-0.25, -0.2) is 0 Å². The first-order chi connectivity index (χ1) is 14.0. The van der Waals surface area contributed by atoms with Crippen molar-refractivity contribution in [2.24, 2.45) is 5.92 Å². The molecule has 7 nitrogen and oxygen atoms in total. The smallest absolute Gasteiger partial charge is 0.269 e. The molecule has 2 aromatic rings. The van der Waals surface area contributed by atoms with Crippen LogP contribution in [0.1, 0.15) is 18.4 Å². The number of carbonyl (C=O) groups excluding carboxylic acids is 1. The quantitative estimate of drug-likeness (QED) is 0.349. The van der Waals surface area contributed by atoms with Gasteiger partial charge in [0.15, 0.2) is 0 Å². The van der Waals surface area contributed by atoms with E-state index in [-0.39, 0.29) is 11.3 Å². The first-order valence-corrected chi connectivity index (χ1v) is 9.51. The second-order valence-corrected chi connectivity index (χ2v) is 7.08. The fourth-order valence-corrected chi connectivity index (χ4v) is 3.42. The van der Waals surface area contributed by atoms with Crippen molar-refractivity contribution in [1.29, 1.82) is 5.26 Å². The zero-order valence-corrected chi connectivity index (χ0v) is 16.0. The van der Waals surface area contributed by atoms with Gasteiger partial charge in [0, 0.05) is 37.1 Å². The fraction of sp³-hybridized carbons (Fsp3) is 0.273. The number of anilines is 1. The molecule has 7 heteroatoms. The molecule has 0 unspecified atom stereocenters. The Balaban J connectivity index is 1.55. The molecule has 1 aliphatic rings. The SMILES string of the molecule is N#C/C(=C/N1CCC(Cc2ccccc2)CC1)C(=O)Nc1ccc([N+](=O)[O-])cc1. The van der Waals surface area contributed by atoms with E-state index in [1.165, 1.54) is 29.8 Å². The zero-order valence-electron chi connectivity index (χ0n) is 16.0. The number of nitro groups is 1. The highest BCUT2D eigenvalue weighted by Crippen LogP contribution is 2.22. The Hall–Kier alpha value is -3.66. The second-order valence-electron chi connectivity index (χ2n) is 7.08. The van der Waals surface area contributed by atoms with E-state index in [1.54, 1.807) is 6.20 Å². The van der Waals surface area contributed by atoms with Crippen LogP contribution < -0.4 is 5.32 Å². The van der Waals surface area contributed by atoms with Crippen molar-refractivity contribution in [1.82, 2.24) is 4.90 Å². The van der Waals surface area contributed by atoms with Gasteiger partial charge in [-0.2, -0.15) is 5.26 Å². The highest BCUT2D eigenvalue weighted by molar-refractivity contribution is 6.06. The van der Waals surface area contributed by atoms with Crippen LogP contribution in [-0.4, -0.2) is 28.8 Å². The number of hydrogen-bond donors (Lipinski definition) is 1. The molecule has 0 radical (unpaired) electrons. The van der Waals surface area contributed by atoms with Crippen molar-refractivity contribution in [3.05, 3.63) is 82.0 Å². The van der Waals surface area contributed by atoms with Crippen molar-refractivity contribution in [3.63, 3.8) is 0 Å². The minimum atomic E-state index is -0.521. The molecule has 0 spiro atoms. The van der Waals surface area contributed by atoms with Gasteiger partial charge in [-0.15, -0.1) is 0 Å². The molecule has 0 atom stereocenters. The lowest BCUT2D eigenvalue weighted by molar-refractivity contribution is -0.384. The summed E-state index contributed by atoms with van der Waals surface area (Å²) in [5, 5.41) is 22.7. The predicted octanol–water partition coefficient (Wildman–Crippen LogP) is 3.90. The molecular formula is C22H22N4O3. The van der Waals surface area contributed by atoms with Gasteiger partial charge < -0.3 is 10.2 Å². The lowest BCUT2D eigenvalue weighted by Crippen LogP contribution is -2.31. The van der Waals surface area contributed by atoms with E-state index in [4.69, 9.17) is 0 Å². The average Bonchev–Trinajstić information content (AvgIpc) is 2.74. The minimum Gasteiger partial charge on any atom is -0.376 e. The summed E-state index contributed by atoms with van der Waals surface area (Å²) in [6.45, 7) is 1.60. The van der Waals surface area contributed by atoms with Crippen LogP contribution in [-0.2, 0) is 11.2 Å². The molecule has 148 valence electrons. The Bertz CT molecular complexity index is 925. The Morgan fingerprint density at radius 2 is 1.83 bits per heavy atom. The van der Waals surface area contributed by atoms with Crippen LogP contribution in [0.4, 0.5) is 11.4 Å². The molecule has 1 fully saturated rings. The second kappa shape index (κ2) is 9.51. The maximum Gasteiger partial charge on any atom is 0.269 e. The van der Waals surface area contributed by atoms with Crippen LogP contribution in [0.15, 0.2) is 66.4 Å². The van der Waals surface area contributed by atoms with Gasteiger partial charge in [-0.1, -0.05) is 30.3 Å². The third-order valence-electron chi connectivity index (χ3n) is 5.03. The van der Waals surface area contributed by atoms with E-state index in [2.05, 4.69) is 29.6 Å². The average molecular weight is 390 g/mol. The molecule has 0 bridgehead atoms. The third kappa shape index (κ3) is 5.66. The molecule has 1 aliphatic heterocycles. The lowest BCUT2D eigenvalue weighted by atomic mass is 9.90. The van der Waals surface area contributed by atoms with E-state index >= 15 is 0 Å². The molecule has 0 aromatic heterocycles. The van der Waals surface area contributed by atoms with Crippen LogP contribution in [0.5, 0.6) is 0 Å². The Morgan fingerprint density at radius 1 is 1.17 bits per heavy atom. The number of hydrogen-bond acceptors (Lipinski definition) is 5. The zero-order chi connectivity index (χ0) is 20.6. The summed E-state index contributed by atoms with van der Waals surface area (Å²) in [5.74, 6) is 0.0780. The predicted molar refractivity (Wildman–Crippen MR) is 110 cm³/mol. The summed E-state index contributed by atoms with van der Waals surface area (Å²) >= 11 is 0. The van der Waals surface area contributed by atoms with Crippen molar-refractivity contribution in [2.75, 3.05) is 18.4 Å². The van der Waals surface area contributed by atoms with Crippen molar-refractivity contribution in [2.45, 2.75) is 19.3 Å². The van der Waals surface area contributed by atoms with Gasteiger partial charge in [0.2, 0.25) is 0 Å². The monoisotopic (exact) mass is 390 g/mol. The first-order valence-electron chi connectivity index (χ1n) is 9.51. The molecule has 1 heterocycles. The molecule has 0 saturated carbocycles. The molecule has 2 aromatic carbocycles. The number of nitrogens with one attached hydrogen (secondary N) is 1. The summed E-state index contributed by atoms with van der Waals surface area (Å²) in [7, 11) is 0. The summed E-state index contributed by atoms with van der Waals surface area (Å²) in [6, 6.07) is 17.9. The molecule has 1 saturated heterocycles. The summed E-state index contributed by atoms with van der Waals surface area (Å²) in [5.41, 5.74) is 1.70. The van der Waals surface area contributed by atoms with Gasteiger partial charge in [0.25, 0.3) is 11.6 Å². The van der Waals surface area contributed by atoms with Crippen LogP contribution in [0.3, 0.4) is 0 Å². The Kier molecular flexibility index (Phi) is 6.59. The van der Waals surface area contributed by atoms with E-state index in [0.717, 1.165) is 32.4 Å². The minimum absolute atomic E-state index is 0.0184. The topological polar surface area (TPSA) is 99.3 Å². The van der Waals surface area contributed by atoms with E-state index in [1.807, 2.05) is 17.0 Å². The van der Waals surface area contributed by atoms with Crippen molar-refractivity contribution in [3.8, 4) is 6.07 Å². The molecule has 1 amide bonds. The van der Waals surface area contributed by atoms with Crippen LogP contribution in [0, 0.1) is 27.4 Å². The number of nitriles is 1. The number of rotatable bonds is 6. The number of carbonyl (C=O) groups is 1. The first kappa shape index (κ1) is 20.1. The molecule has 29 heavy (non-hydrogen) atoms. The molecule has 1 N–H and O–H groups in total. The molecule has 3 rings (SSSR count). The maximum atomic E-state index is 12.4. The Labute approximate surface area is 169 Å². The van der Waals surface area contributed by atoms with Crippen molar-refractivity contribution >= 4 is 17.3 Å². The summed E-state index contributed by atoms with van der Waals surface area (Å²) < 4.78 is 0. The number of benzene rings is 2. The molecular weight excluding hydrogens is 368 g/mol. The van der Waals surface area contributed by atoms with E-state index < -0.39 is 10.8 Å². The van der Waals surface area contributed by atoms with Gasteiger partial charge in [-0.3, -0.25) is 14.9 Å². The van der Waals surface area contributed by atoms with Crippen LogP contribution in [0.25, 0.3) is 0 Å². The van der Waals surface area contributed by atoms with Gasteiger partial charge in [0.05, 0.1) is 4.92 Å². The van der Waals surface area contributed by atoms with E-state index in [0.29, 0.717) is 11.6 Å². The highest BCUT2D eigenvalue weighted by atomic mass is 16.6.